The van der Waals surface area contributed by atoms with Gasteiger partial charge in [-0.2, -0.15) is 13.2 Å². The van der Waals surface area contributed by atoms with Crippen LogP contribution in [-0.4, -0.2) is 11.1 Å². The molecule has 2 aromatic rings. The number of ether oxygens (including phenoxy) is 1. The molecule has 0 radical (unpaired) electrons. The van der Waals surface area contributed by atoms with Crippen LogP contribution >= 0.6 is 11.3 Å². The molecule has 2 rings (SSSR count). The van der Waals surface area contributed by atoms with Crippen molar-refractivity contribution in [3.05, 3.63) is 40.9 Å². The molecule has 0 spiro atoms. The Labute approximate surface area is 124 Å². The summed E-state index contributed by atoms with van der Waals surface area (Å²) in [7, 11) is 0. The number of benzene rings is 1. The number of anilines is 1. The van der Waals surface area contributed by atoms with E-state index in [0.29, 0.717) is 17.9 Å². The SMILES string of the molecule is CC(C)Oc1ccc(CNc2ncc(C(F)(F)F)s2)cc1. The molecule has 1 aromatic heterocycles. The molecule has 114 valence electrons. The third-order valence-electron chi connectivity index (χ3n) is 2.52. The van der Waals surface area contributed by atoms with Crippen LogP contribution in [0.1, 0.15) is 24.3 Å². The van der Waals surface area contributed by atoms with Crippen LogP contribution in [-0.2, 0) is 12.7 Å². The maximum Gasteiger partial charge on any atom is 0.427 e. The highest BCUT2D eigenvalue weighted by molar-refractivity contribution is 7.15. The van der Waals surface area contributed by atoms with Crippen molar-refractivity contribution in [1.82, 2.24) is 4.98 Å². The van der Waals surface area contributed by atoms with Crippen LogP contribution < -0.4 is 10.1 Å². The maximum atomic E-state index is 12.4. The number of hydrogen-bond donors (Lipinski definition) is 1. The molecule has 0 atom stereocenters. The summed E-state index contributed by atoms with van der Waals surface area (Å²) in [6.07, 6.45) is -3.40. The molecule has 0 unspecified atom stereocenters. The maximum absolute atomic E-state index is 12.4. The Morgan fingerprint density at radius 3 is 2.43 bits per heavy atom. The van der Waals surface area contributed by atoms with Gasteiger partial charge in [-0.05, 0) is 31.5 Å². The molecule has 0 aliphatic heterocycles. The van der Waals surface area contributed by atoms with E-state index in [2.05, 4.69) is 10.3 Å². The van der Waals surface area contributed by atoms with E-state index in [1.54, 1.807) is 0 Å². The predicted octanol–water partition coefficient (Wildman–Crippen LogP) is 4.56. The lowest BCUT2D eigenvalue weighted by atomic mass is 10.2. The standard InChI is InChI=1S/C14H15F3N2OS/c1-9(2)20-11-5-3-10(4-6-11)7-18-13-19-8-12(21-13)14(15,16)17/h3-6,8-9H,7H2,1-2H3,(H,18,19). The molecule has 0 aliphatic rings. The zero-order valence-electron chi connectivity index (χ0n) is 11.6. The molecule has 0 bridgehead atoms. The van der Waals surface area contributed by atoms with E-state index in [4.69, 9.17) is 4.74 Å². The normalized spacial score (nSPS) is 11.7. The second kappa shape index (κ2) is 6.34. The highest BCUT2D eigenvalue weighted by Gasteiger charge is 2.33. The minimum absolute atomic E-state index is 0.102. The van der Waals surface area contributed by atoms with E-state index in [9.17, 15) is 13.2 Å². The molecule has 21 heavy (non-hydrogen) atoms. The van der Waals surface area contributed by atoms with Crippen LogP contribution in [0.25, 0.3) is 0 Å². The zero-order valence-corrected chi connectivity index (χ0v) is 12.4. The second-order valence-corrected chi connectivity index (χ2v) is 5.72. The fourth-order valence-corrected chi connectivity index (χ4v) is 2.30. The molecule has 0 saturated carbocycles. The van der Waals surface area contributed by atoms with E-state index in [1.165, 1.54) is 0 Å². The van der Waals surface area contributed by atoms with Crippen molar-refractivity contribution in [2.75, 3.05) is 5.32 Å². The van der Waals surface area contributed by atoms with Gasteiger partial charge in [-0.1, -0.05) is 23.5 Å². The van der Waals surface area contributed by atoms with Crippen molar-refractivity contribution in [2.45, 2.75) is 32.7 Å². The zero-order chi connectivity index (χ0) is 15.5. The first kappa shape index (κ1) is 15.6. The molecule has 7 heteroatoms. The number of rotatable bonds is 5. The van der Waals surface area contributed by atoms with E-state index < -0.39 is 11.1 Å². The van der Waals surface area contributed by atoms with Gasteiger partial charge in [-0.15, -0.1) is 0 Å². The van der Waals surface area contributed by atoms with Gasteiger partial charge in [-0.25, -0.2) is 4.98 Å². The van der Waals surface area contributed by atoms with Gasteiger partial charge in [-0.3, -0.25) is 0 Å². The molecule has 3 nitrogen and oxygen atoms in total. The van der Waals surface area contributed by atoms with Crippen LogP contribution in [0, 0.1) is 0 Å². The Morgan fingerprint density at radius 1 is 1.24 bits per heavy atom. The Morgan fingerprint density at radius 2 is 1.90 bits per heavy atom. The predicted molar refractivity (Wildman–Crippen MR) is 76.6 cm³/mol. The van der Waals surface area contributed by atoms with Gasteiger partial charge in [0.05, 0.1) is 12.3 Å². The minimum atomic E-state index is -4.34. The first-order valence-electron chi connectivity index (χ1n) is 6.37. The molecule has 0 fully saturated rings. The van der Waals surface area contributed by atoms with E-state index >= 15 is 0 Å². The second-order valence-electron chi connectivity index (χ2n) is 4.69. The number of nitrogens with zero attached hydrogens (tertiary/aromatic N) is 1. The molecular weight excluding hydrogens is 301 g/mol. The van der Waals surface area contributed by atoms with Gasteiger partial charge >= 0.3 is 6.18 Å². The fourth-order valence-electron chi connectivity index (χ4n) is 1.62. The number of aromatic nitrogens is 1. The topological polar surface area (TPSA) is 34.1 Å². The summed E-state index contributed by atoms with van der Waals surface area (Å²) < 4.78 is 42.8. The van der Waals surface area contributed by atoms with Gasteiger partial charge in [0.15, 0.2) is 5.13 Å². The van der Waals surface area contributed by atoms with Crippen LogP contribution in [0.4, 0.5) is 18.3 Å². The summed E-state index contributed by atoms with van der Waals surface area (Å²) in [4.78, 5) is 3.01. The van der Waals surface area contributed by atoms with Gasteiger partial charge in [0.1, 0.15) is 10.6 Å². The van der Waals surface area contributed by atoms with Crippen LogP contribution in [0.3, 0.4) is 0 Å². The number of nitrogens with one attached hydrogen (secondary N) is 1. The van der Waals surface area contributed by atoms with Gasteiger partial charge in [0.2, 0.25) is 0 Å². The van der Waals surface area contributed by atoms with Crippen molar-refractivity contribution in [1.29, 1.82) is 0 Å². The lowest BCUT2D eigenvalue weighted by molar-refractivity contribution is -0.134. The smallest absolute Gasteiger partial charge is 0.427 e. The van der Waals surface area contributed by atoms with E-state index in [-0.39, 0.29) is 11.2 Å². The van der Waals surface area contributed by atoms with E-state index in [0.717, 1.165) is 17.5 Å². The third kappa shape index (κ3) is 4.63. The summed E-state index contributed by atoms with van der Waals surface area (Å²) in [5.41, 5.74) is 0.940. The number of hydrogen-bond acceptors (Lipinski definition) is 4. The highest BCUT2D eigenvalue weighted by atomic mass is 32.1. The molecule has 1 N–H and O–H groups in total. The van der Waals surface area contributed by atoms with Gasteiger partial charge in [0.25, 0.3) is 0 Å². The van der Waals surface area contributed by atoms with Gasteiger partial charge < -0.3 is 10.1 Å². The van der Waals surface area contributed by atoms with E-state index in [1.807, 2.05) is 38.1 Å². The Hall–Kier alpha value is -1.76. The number of alkyl halides is 3. The summed E-state index contributed by atoms with van der Waals surface area (Å²) in [5, 5.41) is 3.13. The molecule has 1 heterocycles. The summed E-state index contributed by atoms with van der Waals surface area (Å²) in [6, 6.07) is 7.39. The largest absolute Gasteiger partial charge is 0.491 e. The van der Waals surface area contributed by atoms with Crippen molar-refractivity contribution in [3.8, 4) is 5.75 Å². The minimum Gasteiger partial charge on any atom is -0.491 e. The van der Waals surface area contributed by atoms with Crippen LogP contribution in [0.15, 0.2) is 30.5 Å². The van der Waals surface area contributed by atoms with Crippen molar-refractivity contribution in [3.63, 3.8) is 0 Å². The lowest BCUT2D eigenvalue weighted by Crippen LogP contribution is -2.05. The quantitative estimate of drug-likeness (QED) is 0.878. The van der Waals surface area contributed by atoms with Crippen LogP contribution in [0.2, 0.25) is 0 Å². The van der Waals surface area contributed by atoms with Gasteiger partial charge in [0, 0.05) is 6.54 Å². The lowest BCUT2D eigenvalue weighted by Gasteiger charge is -2.10. The van der Waals surface area contributed by atoms with Crippen molar-refractivity contribution < 1.29 is 17.9 Å². The summed E-state index contributed by atoms with van der Waals surface area (Å²) in [6.45, 7) is 4.29. The molecular formula is C14H15F3N2OS. The summed E-state index contributed by atoms with van der Waals surface area (Å²) >= 11 is 0.599. The third-order valence-corrected chi connectivity index (χ3v) is 3.52. The first-order chi connectivity index (χ1) is 9.84. The molecule has 1 aromatic carbocycles. The molecule has 0 aliphatic carbocycles. The van der Waals surface area contributed by atoms with Crippen molar-refractivity contribution >= 4 is 16.5 Å². The molecule has 0 amide bonds. The van der Waals surface area contributed by atoms with Crippen LogP contribution in [0.5, 0.6) is 5.75 Å². The summed E-state index contributed by atoms with van der Waals surface area (Å²) in [5.74, 6) is 0.766. The Kier molecular flexibility index (Phi) is 4.72. The Bertz CT molecular complexity index is 579. The highest BCUT2D eigenvalue weighted by Crippen LogP contribution is 2.35. The monoisotopic (exact) mass is 316 g/mol. The average Bonchev–Trinajstić information content (AvgIpc) is 2.86. The fraction of sp³-hybridized carbons (Fsp3) is 0.357. The van der Waals surface area contributed by atoms with Crippen molar-refractivity contribution in [2.24, 2.45) is 0 Å². The number of thiazole rings is 1. The first-order valence-corrected chi connectivity index (χ1v) is 7.19. The Balaban J connectivity index is 1.92. The number of halogens is 3. The molecule has 0 saturated heterocycles. The average molecular weight is 316 g/mol.